The number of rotatable bonds is 1. The number of aryl methyl sites for hydroxylation is 1. The normalized spacial score (nSPS) is 14.6. The lowest BCUT2D eigenvalue weighted by atomic mass is 10.0. The van der Waals surface area contributed by atoms with Crippen LogP contribution in [0.5, 0.6) is 0 Å². The van der Waals surface area contributed by atoms with Crippen molar-refractivity contribution in [2.45, 2.75) is 12.8 Å². The fourth-order valence-corrected chi connectivity index (χ4v) is 2.83. The van der Waals surface area contributed by atoms with E-state index in [1.807, 2.05) is 12.3 Å². The third-order valence-corrected chi connectivity index (χ3v) is 3.70. The van der Waals surface area contributed by atoms with Gasteiger partial charge in [-0.2, -0.15) is 0 Å². The fraction of sp³-hybridized carbons (Fsp3) is 0.200. The number of hydrogen-bond acceptors (Lipinski definition) is 3. The molecule has 0 saturated carbocycles. The topological polar surface area (TPSA) is 44.8 Å². The van der Waals surface area contributed by atoms with Gasteiger partial charge in [0.2, 0.25) is 0 Å². The summed E-state index contributed by atoms with van der Waals surface area (Å²) in [5, 5.41) is 1.08. The van der Waals surface area contributed by atoms with E-state index in [0.717, 1.165) is 36.2 Å². The number of nitrogens with one attached hydrogen (secondary N) is 1. The molecule has 0 radical (unpaired) electrons. The van der Waals surface area contributed by atoms with Gasteiger partial charge in [0.25, 0.3) is 0 Å². The number of anilines is 2. The second-order valence-electron chi connectivity index (χ2n) is 4.82. The van der Waals surface area contributed by atoms with Gasteiger partial charge in [-0.25, -0.2) is 9.97 Å². The minimum Gasteiger partial charge on any atom is -0.346 e. The van der Waals surface area contributed by atoms with Gasteiger partial charge in [-0.3, -0.25) is 0 Å². The third-order valence-electron chi connectivity index (χ3n) is 3.70. The summed E-state index contributed by atoms with van der Waals surface area (Å²) in [6.07, 6.45) is 5.85. The van der Waals surface area contributed by atoms with Crippen molar-refractivity contribution in [3.8, 4) is 0 Å². The Bertz CT molecular complexity index is 732. The van der Waals surface area contributed by atoms with Crippen LogP contribution in [0.2, 0.25) is 0 Å². The lowest BCUT2D eigenvalue weighted by Crippen LogP contribution is -2.25. The quantitative estimate of drug-likeness (QED) is 0.722. The molecule has 1 aromatic carbocycles. The smallest absolute Gasteiger partial charge is 0.145 e. The predicted octanol–water partition coefficient (Wildman–Crippen LogP) is 3.04. The summed E-state index contributed by atoms with van der Waals surface area (Å²) in [5.41, 5.74) is 3.57. The van der Waals surface area contributed by atoms with E-state index in [4.69, 9.17) is 0 Å². The van der Waals surface area contributed by atoms with Crippen LogP contribution >= 0.6 is 0 Å². The van der Waals surface area contributed by atoms with Gasteiger partial charge in [-0.1, -0.05) is 18.2 Å². The Morgan fingerprint density at radius 2 is 2.05 bits per heavy atom. The summed E-state index contributed by atoms with van der Waals surface area (Å²) >= 11 is 0. The van der Waals surface area contributed by atoms with Gasteiger partial charge in [0.05, 0.1) is 5.39 Å². The lowest BCUT2D eigenvalue weighted by molar-refractivity contribution is 0.761. The van der Waals surface area contributed by atoms with Crippen LogP contribution in [0.15, 0.2) is 42.9 Å². The highest BCUT2D eigenvalue weighted by Gasteiger charge is 2.20. The molecule has 1 aliphatic rings. The first-order chi connectivity index (χ1) is 9.43. The molecule has 0 unspecified atom stereocenters. The molecule has 1 aliphatic heterocycles. The molecule has 3 heterocycles. The average Bonchev–Trinajstić information content (AvgIpc) is 2.95. The van der Waals surface area contributed by atoms with Crippen LogP contribution in [0.3, 0.4) is 0 Å². The summed E-state index contributed by atoms with van der Waals surface area (Å²) in [4.78, 5) is 14.2. The van der Waals surface area contributed by atoms with Gasteiger partial charge < -0.3 is 9.88 Å². The van der Waals surface area contributed by atoms with E-state index in [1.54, 1.807) is 6.33 Å². The molecule has 0 aliphatic carbocycles. The fourth-order valence-electron chi connectivity index (χ4n) is 2.83. The Balaban J connectivity index is 1.92. The van der Waals surface area contributed by atoms with E-state index in [2.05, 4.69) is 44.1 Å². The van der Waals surface area contributed by atoms with Gasteiger partial charge in [-0.05, 0) is 30.5 Å². The molecule has 2 aromatic heterocycles. The van der Waals surface area contributed by atoms with Crippen LogP contribution in [0.1, 0.15) is 12.0 Å². The molecule has 1 N–H and O–H groups in total. The maximum absolute atomic E-state index is 4.50. The molecule has 4 rings (SSSR count). The number of H-pyrrole nitrogens is 1. The Morgan fingerprint density at radius 3 is 3.05 bits per heavy atom. The minimum absolute atomic E-state index is 0.896. The Morgan fingerprint density at radius 1 is 1.11 bits per heavy atom. The summed E-state index contributed by atoms with van der Waals surface area (Å²) in [6, 6.07) is 10.6. The van der Waals surface area contributed by atoms with Gasteiger partial charge in [0.15, 0.2) is 0 Å². The SMILES string of the molecule is c1ccc2c(c1)CCCN2c1ncnc2[nH]ccc12. The van der Waals surface area contributed by atoms with Crippen LogP contribution in [0.4, 0.5) is 11.5 Å². The van der Waals surface area contributed by atoms with Crippen LogP contribution in [0, 0.1) is 0 Å². The number of hydrogen-bond donors (Lipinski definition) is 1. The zero-order chi connectivity index (χ0) is 12.7. The second-order valence-corrected chi connectivity index (χ2v) is 4.82. The number of fused-ring (bicyclic) bond motifs is 2. The molecule has 94 valence electrons. The van der Waals surface area contributed by atoms with Gasteiger partial charge in [0, 0.05) is 18.4 Å². The summed E-state index contributed by atoms with van der Waals surface area (Å²) < 4.78 is 0. The lowest BCUT2D eigenvalue weighted by Gasteiger charge is -2.30. The highest BCUT2D eigenvalue weighted by atomic mass is 15.2. The minimum atomic E-state index is 0.896. The number of aromatic amines is 1. The van der Waals surface area contributed by atoms with Crippen molar-refractivity contribution >= 4 is 22.5 Å². The van der Waals surface area contributed by atoms with Crippen molar-refractivity contribution in [3.05, 3.63) is 48.4 Å². The van der Waals surface area contributed by atoms with Crippen molar-refractivity contribution in [2.75, 3.05) is 11.4 Å². The van der Waals surface area contributed by atoms with Crippen LogP contribution < -0.4 is 4.90 Å². The maximum Gasteiger partial charge on any atom is 0.145 e. The van der Waals surface area contributed by atoms with Crippen molar-refractivity contribution < 1.29 is 0 Å². The van der Waals surface area contributed by atoms with Gasteiger partial charge in [0.1, 0.15) is 17.8 Å². The standard InChI is InChI=1S/C15H14N4/c1-2-6-13-11(4-1)5-3-9-19(13)15-12-7-8-16-14(12)17-10-18-15/h1-2,4,6-8,10H,3,5,9H2,(H,16,17,18). The molecule has 0 bridgehead atoms. The van der Waals surface area contributed by atoms with Crippen LogP contribution in [-0.4, -0.2) is 21.5 Å². The van der Waals surface area contributed by atoms with Gasteiger partial charge in [-0.15, -0.1) is 0 Å². The first kappa shape index (κ1) is 10.6. The van der Waals surface area contributed by atoms with E-state index in [-0.39, 0.29) is 0 Å². The zero-order valence-corrected chi connectivity index (χ0v) is 10.5. The number of nitrogens with zero attached hydrogens (tertiary/aromatic N) is 3. The average molecular weight is 250 g/mol. The van der Waals surface area contributed by atoms with E-state index >= 15 is 0 Å². The number of benzene rings is 1. The molecule has 0 saturated heterocycles. The highest BCUT2D eigenvalue weighted by molar-refractivity contribution is 5.90. The van der Waals surface area contributed by atoms with Crippen LogP contribution in [-0.2, 0) is 6.42 Å². The predicted molar refractivity (Wildman–Crippen MR) is 75.7 cm³/mol. The van der Waals surface area contributed by atoms with Crippen molar-refractivity contribution in [1.82, 2.24) is 15.0 Å². The first-order valence-electron chi connectivity index (χ1n) is 6.57. The summed E-state index contributed by atoms with van der Waals surface area (Å²) in [7, 11) is 0. The van der Waals surface area contributed by atoms with Crippen molar-refractivity contribution in [3.63, 3.8) is 0 Å². The first-order valence-corrected chi connectivity index (χ1v) is 6.57. The number of para-hydroxylation sites is 1. The largest absolute Gasteiger partial charge is 0.346 e. The highest BCUT2D eigenvalue weighted by Crippen LogP contribution is 2.34. The van der Waals surface area contributed by atoms with Gasteiger partial charge >= 0.3 is 0 Å². The van der Waals surface area contributed by atoms with Crippen LogP contribution in [0.25, 0.3) is 11.0 Å². The van der Waals surface area contributed by atoms with E-state index < -0.39 is 0 Å². The molecule has 0 amide bonds. The Labute approximate surface area is 111 Å². The molecule has 0 spiro atoms. The molecular formula is C15H14N4. The molecule has 0 fully saturated rings. The Kier molecular flexibility index (Phi) is 2.27. The molecule has 19 heavy (non-hydrogen) atoms. The Hall–Kier alpha value is -2.36. The molecule has 4 nitrogen and oxygen atoms in total. The van der Waals surface area contributed by atoms with Crippen molar-refractivity contribution in [2.24, 2.45) is 0 Å². The van der Waals surface area contributed by atoms with Crippen molar-refractivity contribution in [1.29, 1.82) is 0 Å². The molecule has 4 heteroatoms. The monoisotopic (exact) mass is 250 g/mol. The summed E-state index contributed by atoms with van der Waals surface area (Å²) in [5.74, 6) is 0.999. The van der Waals surface area contributed by atoms with E-state index in [9.17, 15) is 0 Å². The summed E-state index contributed by atoms with van der Waals surface area (Å²) in [6.45, 7) is 1.01. The van der Waals surface area contributed by atoms with E-state index in [1.165, 1.54) is 11.3 Å². The third kappa shape index (κ3) is 1.60. The number of aromatic nitrogens is 3. The second kappa shape index (κ2) is 4.09. The van der Waals surface area contributed by atoms with E-state index in [0.29, 0.717) is 0 Å². The molecule has 0 atom stereocenters. The maximum atomic E-state index is 4.50. The molecule has 3 aromatic rings. The zero-order valence-electron chi connectivity index (χ0n) is 10.5. The molecular weight excluding hydrogens is 236 g/mol.